The Labute approximate surface area is 163 Å². The highest BCUT2D eigenvalue weighted by atomic mass is 32.1. The number of primary amides is 1. The van der Waals surface area contributed by atoms with Gasteiger partial charge in [-0.25, -0.2) is 4.37 Å². The van der Waals surface area contributed by atoms with E-state index >= 15 is 0 Å². The van der Waals surface area contributed by atoms with Gasteiger partial charge in [-0.1, -0.05) is 11.3 Å². The van der Waals surface area contributed by atoms with Gasteiger partial charge in [-0.2, -0.15) is 0 Å². The molecule has 0 aliphatic heterocycles. The predicted molar refractivity (Wildman–Crippen MR) is 104 cm³/mol. The fraction of sp³-hybridized carbons (Fsp3) is 0.222. The number of aromatic nitrogens is 2. The Morgan fingerprint density at radius 2 is 2.04 bits per heavy atom. The molecule has 9 heteroatoms. The van der Waals surface area contributed by atoms with Crippen molar-refractivity contribution >= 4 is 34.7 Å². The number of nitrogens with two attached hydrogens (primary N) is 1. The Morgan fingerprint density at radius 3 is 2.78 bits per heavy atom. The standard InChI is InChI=1S/C18H16N4O3S2/c1-22(2)17(24)10-5-11(8-20-6-10)25-18-13-12(15(26-18)16(19)23)4-3-9-7-21-27-14(9)13/h5-8H,3-4H2,1-2H3,(H2,19,23). The summed E-state index contributed by atoms with van der Waals surface area (Å²) >= 11 is 2.60. The highest BCUT2D eigenvalue weighted by Gasteiger charge is 2.30. The van der Waals surface area contributed by atoms with E-state index in [-0.39, 0.29) is 5.91 Å². The summed E-state index contributed by atoms with van der Waals surface area (Å²) in [4.78, 5) is 31.2. The van der Waals surface area contributed by atoms with Gasteiger partial charge < -0.3 is 15.4 Å². The molecule has 27 heavy (non-hydrogen) atoms. The molecule has 7 nitrogen and oxygen atoms in total. The molecule has 0 bridgehead atoms. The van der Waals surface area contributed by atoms with Crippen molar-refractivity contribution in [2.75, 3.05) is 14.1 Å². The summed E-state index contributed by atoms with van der Waals surface area (Å²) in [6.07, 6.45) is 6.43. The van der Waals surface area contributed by atoms with E-state index in [2.05, 4.69) is 9.36 Å². The van der Waals surface area contributed by atoms with Crippen LogP contribution in [0.3, 0.4) is 0 Å². The number of hydrogen-bond donors (Lipinski definition) is 1. The lowest BCUT2D eigenvalue weighted by Gasteiger charge is -2.14. The Balaban J connectivity index is 1.77. The molecular weight excluding hydrogens is 384 g/mol. The summed E-state index contributed by atoms with van der Waals surface area (Å²) in [6.45, 7) is 0. The van der Waals surface area contributed by atoms with Crippen molar-refractivity contribution in [3.8, 4) is 21.3 Å². The number of thiophene rings is 1. The van der Waals surface area contributed by atoms with Crippen molar-refractivity contribution in [3.05, 3.63) is 46.2 Å². The number of nitrogens with zero attached hydrogens (tertiary/aromatic N) is 3. The molecule has 0 saturated carbocycles. The number of carbonyl (C=O) groups excluding carboxylic acids is 2. The van der Waals surface area contributed by atoms with Gasteiger partial charge in [0.15, 0.2) is 5.06 Å². The first-order chi connectivity index (χ1) is 13.0. The van der Waals surface area contributed by atoms with Gasteiger partial charge >= 0.3 is 0 Å². The van der Waals surface area contributed by atoms with Crippen LogP contribution in [0.15, 0.2) is 24.7 Å². The van der Waals surface area contributed by atoms with E-state index in [0.29, 0.717) is 21.3 Å². The fourth-order valence-corrected chi connectivity index (χ4v) is 5.05. The maximum absolute atomic E-state index is 12.2. The van der Waals surface area contributed by atoms with Crippen LogP contribution in [0.2, 0.25) is 0 Å². The molecule has 0 aromatic carbocycles. The van der Waals surface area contributed by atoms with Crippen molar-refractivity contribution < 1.29 is 14.3 Å². The Kier molecular flexibility index (Phi) is 4.40. The molecule has 4 rings (SSSR count). The summed E-state index contributed by atoms with van der Waals surface area (Å²) in [5.41, 5.74) is 8.93. The van der Waals surface area contributed by atoms with E-state index in [1.807, 2.05) is 6.20 Å². The molecule has 0 atom stereocenters. The first-order valence-electron chi connectivity index (χ1n) is 8.19. The minimum atomic E-state index is -0.464. The van der Waals surface area contributed by atoms with Crippen LogP contribution in [0.1, 0.15) is 31.2 Å². The molecule has 1 aliphatic carbocycles. The van der Waals surface area contributed by atoms with Gasteiger partial charge in [-0.15, -0.1) is 0 Å². The number of amides is 2. The smallest absolute Gasteiger partial charge is 0.259 e. The van der Waals surface area contributed by atoms with Crippen LogP contribution in [0.5, 0.6) is 10.8 Å². The lowest BCUT2D eigenvalue weighted by molar-refractivity contribution is 0.0826. The van der Waals surface area contributed by atoms with Crippen molar-refractivity contribution in [2.24, 2.45) is 5.73 Å². The van der Waals surface area contributed by atoms with Crippen molar-refractivity contribution in [2.45, 2.75) is 12.8 Å². The highest BCUT2D eigenvalue weighted by Crippen LogP contribution is 2.49. The van der Waals surface area contributed by atoms with Crippen LogP contribution < -0.4 is 10.5 Å². The van der Waals surface area contributed by atoms with Crippen LogP contribution in [0, 0.1) is 0 Å². The Hall–Kier alpha value is -2.78. The Morgan fingerprint density at radius 1 is 1.22 bits per heavy atom. The highest BCUT2D eigenvalue weighted by molar-refractivity contribution is 7.17. The van der Waals surface area contributed by atoms with Crippen LogP contribution in [-0.4, -0.2) is 40.2 Å². The molecule has 0 saturated heterocycles. The second-order valence-corrected chi connectivity index (χ2v) is 8.11. The van der Waals surface area contributed by atoms with Gasteiger partial charge in [-0.05, 0) is 41.6 Å². The first kappa shape index (κ1) is 17.6. The average molecular weight is 400 g/mol. The van der Waals surface area contributed by atoms with E-state index in [1.54, 1.807) is 26.4 Å². The van der Waals surface area contributed by atoms with Crippen molar-refractivity contribution in [1.29, 1.82) is 0 Å². The average Bonchev–Trinajstić information content (AvgIpc) is 3.25. The molecule has 3 heterocycles. The molecule has 2 N–H and O–H groups in total. The molecule has 0 unspecified atom stereocenters. The molecule has 3 aromatic rings. The van der Waals surface area contributed by atoms with Crippen molar-refractivity contribution in [3.63, 3.8) is 0 Å². The topological polar surface area (TPSA) is 98.4 Å². The fourth-order valence-electron chi connectivity index (χ4n) is 3.04. The van der Waals surface area contributed by atoms with Gasteiger partial charge in [0, 0.05) is 26.5 Å². The summed E-state index contributed by atoms with van der Waals surface area (Å²) in [6, 6.07) is 1.64. The van der Waals surface area contributed by atoms with Crippen LogP contribution in [0.4, 0.5) is 0 Å². The van der Waals surface area contributed by atoms with Gasteiger partial charge in [0.05, 0.1) is 27.1 Å². The van der Waals surface area contributed by atoms with Crippen LogP contribution in [-0.2, 0) is 12.8 Å². The molecule has 1 aliphatic rings. The number of fused-ring (bicyclic) bond motifs is 3. The third-order valence-electron chi connectivity index (χ3n) is 4.29. The maximum atomic E-state index is 12.2. The summed E-state index contributed by atoms with van der Waals surface area (Å²) in [5.74, 6) is -0.197. The number of pyridine rings is 1. The third kappa shape index (κ3) is 3.08. The predicted octanol–water partition coefficient (Wildman–Crippen LogP) is 2.96. The first-order valence-corrected chi connectivity index (χ1v) is 9.78. The van der Waals surface area contributed by atoms with Gasteiger partial charge in [0.2, 0.25) is 0 Å². The maximum Gasteiger partial charge on any atom is 0.259 e. The summed E-state index contributed by atoms with van der Waals surface area (Å²) in [7, 11) is 3.35. The van der Waals surface area contributed by atoms with E-state index < -0.39 is 5.91 Å². The molecule has 0 radical (unpaired) electrons. The summed E-state index contributed by atoms with van der Waals surface area (Å²) < 4.78 is 10.3. The van der Waals surface area contributed by atoms with Crippen molar-refractivity contribution in [1.82, 2.24) is 14.3 Å². The number of aryl methyl sites for hydroxylation is 1. The second kappa shape index (κ2) is 6.75. The number of rotatable bonds is 4. The van der Waals surface area contributed by atoms with Gasteiger partial charge in [0.1, 0.15) is 5.75 Å². The molecule has 3 aromatic heterocycles. The lowest BCUT2D eigenvalue weighted by Crippen LogP contribution is -2.21. The largest absolute Gasteiger partial charge is 0.444 e. The van der Waals surface area contributed by atoms with Crippen LogP contribution >= 0.6 is 22.9 Å². The second-order valence-electron chi connectivity index (χ2n) is 6.33. The van der Waals surface area contributed by atoms with E-state index in [0.717, 1.165) is 34.4 Å². The normalized spacial score (nSPS) is 12.2. The SMILES string of the molecule is CN(C)C(=O)c1cncc(Oc2sc(C(N)=O)c3c2-c2sncc2CC3)c1. The lowest BCUT2D eigenvalue weighted by atomic mass is 9.93. The van der Waals surface area contributed by atoms with E-state index in [9.17, 15) is 9.59 Å². The molecule has 2 amide bonds. The number of ether oxygens (including phenoxy) is 1. The van der Waals surface area contributed by atoms with Gasteiger partial charge in [0.25, 0.3) is 11.8 Å². The minimum Gasteiger partial charge on any atom is -0.444 e. The number of carbonyl (C=O) groups is 2. The molecule has 138 valence electrons. The van der Waals surface area contributed by atoms with Gasteiger partial charge in [-0.3, -0.25) is 14.6 Å². The quantitative estimate of drug-likeness (QED) is 0.726. The zero-order valence-electron chi connectivity index (χ0n) is 14.7. The van der Waals surface area contributed by atoms with E-state index in [1.165, 1.54) is 34.0 Å². The monoisotopic (exact) mass is 400 g/mol. The summed E-state index contributed by atoms with van der Waals surface area (Å²) in [5, 5.41) is 0.570. The van der Waals surface area contributed by atoms with E-state index in [4.69, 9.17) is 10.5 Å². The zero-order chi connectivity index (χ0) is 19.1. The number of hydrogen-bond acceptors (Lipinski definition) is 7. The minimum absolute atomic E-state index is 0.163. The zero-order valence-corrected chi connectivity index (χ0v) is 16.3. The third-order valence-corrected chi connectivity index (χ3v) is 6.28. The molecular formula is C18H16N4O3S2. The Bertz CT molecular complexity index is 1050. The van der Waals surface area contributed by atoms with Crippen LogP contribution in [0.25, 0.3) is 10.4 Å². The molecule has 0 spiro atoms. The molecule has 0 fully saturated rings.